The Hall–Kier alpha value is -2.34. The summed E-state index contributed by atoms with van der Waals surface area (Å²) in [5, 5.41) is 6.55. The fourth-order valence-electron chi connectivity index (χ4n) is 2.29. The van der Waals surface area contributed by atoms with E-state index in [9.17, 15) is 0 Å². The van der Waals surface area contributed by atoms with Gasteiger partial charge in [0.05, 0.1) is 16.4 Å². The number of thiazole rings is 1. The molecule has 0 fully saturated rings. The van der Waals surface area contributed by atoms with E-state index in [2.05, 4.69) is 30.6 Å². The lowest BCUT2D eigenvalue weighted by Gasteiger charge is -2.10. The Morgan fingerprint density at radius 3 is 2.70 bits per heavy atom. The summed E-state index contributed by atoms with van der Waals surface area (Å²) in [6.07, 6.45) is 2.65. The zero-order valence-electron chi connectivity index (χ0n) is 13.5. The Labute approximate surface area is 139 Å². The van der Waals surface area contributed by atoms with E-state index in [4.69, 9.17) is 0 Å². The van der Waals surface area contributed by atoms with Crippen LogP contribution in [0.15, 0.2) is 29.8 Å². The van der Waals surface area contributed by atoms with E-state index >= 15 is 0 Å². The lowest BCUT2D eigenvalue weighted by Crippen LogP contribution is -2.10. The third-order valence-corrected chi connectivity index (χ3v) is 4.52. The van der Waals surface area contributed by atoms with Crippen LogP contribution in [0.3, 0.4) is 0 Å². The van der Waals surface area contributed by atoms with Gasteiger partial charge < -0.3 is 5.32 Å². The molecule has 3 rings (SSSR count). The smallest absolute Gasteiger partial charge is 0.132 e. The van der Waals surface area contributed by atoms with Crippen molar-refractivity contribution in [2.75, 3.05) is 11.9 Å². The number of anilines is 1. The summed E-state index contributed by atoms with van der Waals surface area (Å²) in [6.45, 7) is 6.76. The number of hydrogen-bond acceptors (Lipinski definition) is 6. The minimum absolute atomic E-state index is 0.794. The predicted molar refractivity (Wildman–Crippen MR) is 93.8 cm³/mol. The maximum Gasteiger partial charge on any atom is 0.132 e. The van der Waals surface area contributed by atoms with E-state index in [1.807, 2.05) is 39.0 Å². The van der Waals surface area contributed by atoms with Crippen LogP contribution in [-0.2, 0) is 6.42 Å². The van der Waals surface area contributed by atoms with Crippen LogP contribution in [0.2, 0.25) is 0 Å². The summed E-state index contributed by atoms with van der Waals surface area (Å²) in [5.74, 6) is 1.71. The van der Waals surface area contributed by atoms with E-state index in [1.54, 1.807) is 17.5 Å². The molecule has 0 aliphatic heterocycles. The van der Waals surface area contributed by atoms with E-state index in [-0.39, 0.29) is 0 Å². The van der Waals surface area contributed by atoms with Gasteiger partial charge in [0.15, 0.2) is 0 Å². The number of nitrogens with zero attached hydrogens (tertiary/aromatic N) is 4. The van der Waals surface area contributed by atoms with Crippen molar-refractivity contribution in [1.29, 1.82) is 0 Å². The quantitative estimate of drug-likeness (QED) is 0.777. The van der Waals surface area contributed by atoms with E-state index < -0.39 is 0 Å². The minimum atomic E-state index is 0.794. The van der Waals surface area contributed by atoms with Gasteiger partial charge in [0, 0.05) is 35.8 Å². The fourth-order valence-corrected chi connectivity index (χ4v) is 3.08. The lowest BCUT2D eigenvalue weighted by atomic mass is 10.2. The second-order valence-corrected chi connectivity index (χ2v) is 6.29. The number of pyridine rings is 1. The van der Waals surface area contributed by atoms with Gasteiger partial charge in [0.25, 0.3) is 0 Å². The second kappa shape index (κ2) is 6.83. The average Bonchev–Trinajstić information content (AvgIpc) is 3.02. The maximum atomic E-state index is 4.65. The van der Waals surface area contributed by atoms with Crippen molar-refractivity contribution in [3.63, 3.8) is 0 Å². The molecule has 0 aliphatic rings. The molecule has 0 aliphatic carbocycles. The van der Waals surface area contributed by atoms with Gasteiger partial charge in [0.1, 0.15) is 11.6 Å². The van der Waals surface area contributed by atoms with Gasteiger partial charge in [-0.3, -0.25) is 4.98 Å². The van der Waals surface area contributed by atoms with Crippen LogP contribution < -0.4 is 5.32 Å². The van der Waals surface area contributed by atoms with Crippen LogP contribution in [0.25, 0.3) is 11.4 Å². The first-order valence-corrected chi connectivity index (χ1v) is 8.43. The van der Waals surface area contributed by atoms with Crippen molar-refractivity contribution < 1.29 is 0 Å². The van der Waals surface area contributed by atoms with Crippen LogP contribution in [0.5, 0.6) is 0 Å². The number of rotatable bonds is 5. The van der Waals surface area contributed by atoms with Gasteiger partial charge in [-0.05, 0) is 32.9 Å². The summed E-state index contributed by atoms with van der Waals surface area (Å²) in [4.78, 5) is 17.8. The molecule has 118 valence electrons. The van der Waals surface area contributed by atoms with Gasteiger partial charge in [-0.2, -0.15) is 0 Å². The van der Waals surface area contributed by atoms with Gasteiger partial charge in [-0.15, -0.1) is 11.3 Å². The molecule has 0 atom stereocenters. The highest BCUT2D eigenvalue weighted by molar-refractivity contribution is 7.09. The summed E-state index contributed by atoms with van der Waals surface area (Å²) in [6, 6.07) is 5.87. The SMILES string of the molecule is Cc1nc(C)c(C)c(NCCc2nc(-c3ccccn3)cs2)n1. The molecular formula is C17H19N5S. The summed E-state index contributed by atoms with van der Waals surface area (Å²) >= 11 is 1.67. The van der Waals surface area contributed by atoms with Crippen molar-refractivity contribution in [2.45, 2.75) is 27.2 Å². The highest BCUT2D eigenvalue weighted by Gasteiger charge is 2.07. The van der Waals surface area contributed by atoms with Crippen molar-refractivity contribution in [2.24, 2.45) is 0 Å². The lowest BCUT2D eigenvalue weighted by molar-refractivity contribution is 0.944. The zero-order valence-corrected chi connectivity index (χ0v) is 14.3. The number of aryl methyl sites for hydroxylation is 2. The molecule has 1 N–H and O–H groups in total. The molecule has 3 aromatic heterocycles. The molecule has 0 radical (unpaired) electrons. The first-order valence-electron chi connectivity index (χ1n) is 7.55. The minimum Gasteiger partial charge on any atom is -0.369 e. The second-order valence-electron chi connectivity index (χ2n) is 5.35. The van der Waals surface area contributed by atoms with Crippen LogP contribution in [0.1, 0.15) is 22.1 Å². The molecule has 3 heterocycles. The zero-order chi connectivity index (χ0) is 16.2. The predicted octanol–water partition coefficient (Wildman–Crippen LogP) is 3.57. The average molecular weight is 325 g/mol. The largest absolute Gasteiger partial charge is 0.369 e. The van der Waals surface area contributed by atoms with E-state index in [0.29, 0.717) is 0 Å². The third kappa shape index (κ3) is 3.71. The molecule has 0 amide bonds. The van der Waals surface area contributed by atoms with Crippen molar-refractivity contribution >= 4 is 17.2 Å². The van der Waals surface area contributed by atoms with Crippen molar-refractivity contribution in [3.8, 4) is 11.4 Å². The molecule has 6 heteroatoms. The Morgan fingerprint density at radius 2 is 1.91 bits per heavy atom. The molecule has 3 aromatic rings. The highest BCUT2D eigenvalue weighted by atomic mass is 32.1. The number of aromatic nitrogens is 4. The molecule has 23 heavy (non-hydrogen) atoms. The maximum absolute atomic E-state index is 4.65. The van der Waals surface area contributed by atoms with Gasteiger partial charge in [0.2, 0.25) is 0 Å². The summed E-state index contributed by atoms with van der Waals surface area (Å²) < 4.78 is 0. The van der Waals surface area contributed by atoms with Gasteiger partial charge in [-0.1, -0.05) is 6.07 Å². The number of hydrogen-bond donors (Lipinski definition) is 1. The Bertz CT molecular complexity index is 798. The molecular weight excluding hydrogens is 306 g/mol. The normalized spacial score (nSPS) is 10.7. The first kappa shape index (κ1) is 15.6. The van der Waals surface area contributed by atoms with Gasteiger partial charge in [-0.25, -0.2) is 15.0 Å². The Balaban J connectivity index is 1.63. The molecule has 0 saturated heterocycles. The van der Waals surface area contributed by atoms with Gasteiger partial charge >= 0.3 is 0 Å². The standard InChI is InChI=1S/C17H19N5S/c1-11-12(2)20-13(3)21-17(11)19-9-7-16-22-15(10-23-16)14-6-4-5-8-18-14/h4-6,8,10H,7,9H2,1-3H3,(H,19,20,21). The number of nitrogens with one attached hydrogen (secondary N) is 1. The Kier molecular flexibility index (Phi) is 4.62. The van der Waals surface area contributed by atoms with Crippen LogP contribution in [-0.4, -0.2) is 26.5 Å². The molecule has 0 aromatic carbocycles. The van der Waals surface area contributed by atoms with Crippen LogP contribution >= 0.6 is 11.3 Å². The molecule has 0 unspecified atom stereocenters. The molecule has 0 saturated carbocycles. The van der Waals surface area contributed by atoms with Crippen LogP contribution in [0.4, 0.5) is 5.82 Å². The summed E-state index contributed by atoms with van der Waals surface area (Å²) in [7, 11) is 0. The molecule has 0 bridgehead atoms. The fraction of sp³-hybridized carbons (Fsp3) is 0.294. The topological polar surface area (TPSA) is 63.6 Å². The van der Waals surface area contributed by atoms with E-state index in [0.717, 1.165) is 52.3 Å². The summed E-state index contributed by atoms with van der Waals surface area (Å²) in [5.41, 5.74) is 3.98. The monoisotopic (exact) mass is 325 g/mol. The third-order valence-electron chi connectivity index (χ3n) is 3.61. The molecule has 5 nitrogen and oxygen atoms in total. The highest BCUT2D eigenvalue weighted by Crippen LogP contribution is 2.20. The van der Waals surface area contributed by atoms with Crippen molar-refractivity contribution in [1.82, 2.24) is 19.9 Å². The first-order chi connectivity index (χ1) is 11.1. The van der Waals surface area contributed by atoms with Crippen molar-refractivity contribution in [3.05, 3.63) is 51.9 Å². The van der Waals surface area contributed by atoms with E-state index in [1.165, 1.54) is 0 Å². The molecule has 0 spiro atoms. The Morgan fingerprint density at radius 1 is 1.04 bits per heavy atom. The van der Waals surface area contributed by atoms with Crippen LogP contribution in [0, 0.1) is 20.8 Å².